The lowest BCUT2D eigenvalue weighted by molar-refractivity contribution is 0.0929. The minimum absolute atomic E-state index is 0.0861. The van der Waals surface area contributed by atoms with Crippen LogP contribution in [0.1, 0.15) is 68.6 Å². The van der Waals surface area contributed by atoms with Crippen molar-refractivity contribution in [3.05, 3.63) is 23.8 Å². The lowest BCUT2D eigenvalue weighted by Gasteiger charge is -2.26. The smallest absolute Gasteiger partial charge is 0.179 e. The molecule has 24 heavy (non-hydrogen) atoms. The van der Waals surface area contributed by atoms with E-state index in [0.717, 1.165) is 30.0 Å². The molecule has 1 aromatic carbocycles. The van der Waals surface area contributed by atoms with Crippen LogP contribution in [0.25, 0.3) is 0 Å². The number of carbonyl (C=O) groups is 1. The van der Waals surface area contributed by atoms with Gasteiger partial charge < -0.3 is 15.4 Å². The summed E-state index contributed by atoms with van der Waals surface area (Å²) in [5.41, 5.74) is 1.71. The Labute approximate surface area is 145 Å². The molecule has 3 rings (SSSR count). The summed E-state index contributed by atoms with van der Waals surface area (Å²) in [5, 5.41) is 6.96. The van der Waals surface area contributed by atoms with Crippen LogP contribution in [0.15, 0.2) is 18.2 Å². The minimum atomic E-state index is -0.0861. The summed E-state index contributed by atoms with van der Waals surface area (Å²) < 4.78 is 5.60. The molecule has 1 aliphatic heterocycles. The van der Waals surface area contributed by atoms with Gasteiger partial charge in [0.25, 0.3) is 0 Å². The maximum atomic E-state index is 13.0. The number of hydrogen-bond acceptors (Lipinski definition) is 4. The van der Waals surface area contributed by atoms with E-state index in [1.165, 1.54) is 44.9 Å². The van der Waals surface area contributed by atoms with E-state index in [1.54, 1.807) is 0 Å². The molecule has 0 aromatic heterocycles. The van der Waals surface area contributed by atoms with Gasteiger partial charge in [0.15, 0.2) is 5.78 Å². The van der Waals surface area contributed by atoms with Gasteiger partial charge in [-0.25, -0.2) is 0 Å². The number of fused-ring (bicyclic) bond motifs is 1. The Morgan fingerprint density at radius 2 is 2.00 bits per heavy atom. The number of ketones is 1. The lowest BCUT2D eigenvalue weighted by Crippen LogP contribution is -2.43. The Morgan fingerprint density at radius 3 is 2.75 bits per heavy atom. The van der Waals surface area contributed by atoms with Crippen LogP contribution >= 0.6 is 0 Å². The van der Waals surface area contributed by atoms with E-state index in [9.17, 15) is 4.79 Å². The second kappa shape index (κ2) is 8.52. The van der Waals surface area contributed by atoms with Gasteiger partial charge in [0.05, 0.1) is 11.7 Å². The predicted molar refractivity (Wildman–Crippen MR) is 98.1 cm³/mol. The molecule has 1 heterocycles. The Bertz CT molecular complexity index is 551. The van der Waals surface area contributed by atoms with E-state index in [4.69, 9.17) is 4.74 Å². The average molecular weight is 330 g/mol. The summed E-state index contributed by atoms with van der Waals surface area (Å²) in [6.07, 6.45) is 9.82. The fourth-order valence-electron chi connectivity index (χ4n) is 3.78. The molecule has 0 saturated heterocycles. The molecule has 2 aliphatic rings. The highest BCUT2D eigenvalue weighted by atomic mass is 16.5. The van der Waals surface area contributed by atoms with E-state index in [0.29, 0.717) is 12.6 Å². The summed E-state index contributed by atoms with van der Waals surface area (Å²) in [7, 11) is 0. The number of Topliss-reactive ketones (excluding diaryl/α,β-unsaturated/α-hetero) is 1. The third-order valence-electron chi connectivity index (χ3n) is 5.21. The van der Waals surface area contributed by atoms with Crippen LogP contribution in [-0.4, -0.2) is 31.0 Å². The Hall–Kier alpha value is -1.55. The van der Waals surface area contributed by atoms with Gasteiger partial charge in [0.1, 0.15) is 12.4 Å². The number of anilines is 1. The number of hydrogen-bond donors (Lipinski definition) is 2. The van der Waals surface area contributed by atoms with Gasteiger partial charge in [-0.15, -0.1) is 0 Å². The van der Waals surface area contributed by atoms with Crippen LogP contribution < -0.4 is 15.4 Å². The fourth-order valence-corrected chi connectivity index (χ4v) is 3.78. The summed E-state index contributed by atoms with van der Waals surface area (Å²) in [6.45, 7) is 3.57. The van der Waals surface area contributed by atoms with Gasteiger partial charge in [-0.05, 0) is 37.5 Å². The van der Waals surface area contributed by atoms with Crippen molar-refractivity contribution in [2.45, 2.75) is 70.4 Å². The summed E-state index contributed by atoms with van der Waals surface area (Å²) in [6, 6.07) is 6.16. The van der Waals surface area contributed by atoms with Crippen LogP contribution in [0.3, 0.4) is 0 Å². The molecular formula is C20H30N2O2. The molecule has 1 fully saturated rings. The molecule has 2 N–H and O–H groups in total. The molecule has 1 aromatic rings. The second-order valence-electron chi connectivity index (χ2n) is 7.02. The highest BCUT2D eigenvalue weighted by molar-refractivity contribution is 6.01. The molecule has 1 atom stereocenters. The fraction of sp³-hybridized carbons (Fsp3) is 0.650. The van der Waals surface area contributed by atoms with Gasteiger partial charge in [0, 0.05) is 18.2 Å². The van der Waals surface area contributed by atoms with Crippen LogP contribution in [0.5, 0.6) is 5.75 Å². The maximum absolute atomic E-state index is 13.0. The van der Waals surface area contributed by atoms with E-state index in [1.807, 2.05) is 18.2 Å². The lowest BCUT2D eigenvalue weighted by atomic mass is 9.94. The van der Waals surface area contributed by atoms with Crippen molar-refractivity contribution >= 4 is 11.5 Å². The SMILES string of the molecule is CCC(NC1CCCCCCC1)C(=O)c1ccc2c(c1)NCCO2. The first-order valence-corrected chi connectivity index (χ1v) is 9.59. The standard InChI is InChI=1S/C20H30N2O2/c1-2-17(22-16-8-6-4-3-5-7-9-16)20(23)15-10-11-19-18(14-15)21-12-13-24-19/h10-11,14,16-17,21-22H,2-9,12-13H2,1H3. The van der Waals surface area contributed by atoms with Gasteiger partial charge in [-0.3, -0.25) is 4.79 Å². The van der Waals surface area contributed by atoms with E-state index >= 15 is 0 Å². The molecule has 0 amide bonds. The van der Waals surface area contributed by atoms with Gasteiger partial charge in [-0.1, -0.05) is 39.0 Å². The first kappa shape index (κ1) is 17.3. The van der Waals surface area contributed by atoms with Crippen molar-refractivity contribution in [3.8, 4) is 5.75 Å². The number of benzene rings is 1. The summed E-state index contributed by atoms with van der Waals surface area (Å²) in [4.78, 5) is 13.0. The topological polar surface area (TPSA) is 50.4 Å². The Balaban J connectivity index is 1.66. The third kappa shape index (κ3) is 4.29. The number of ether oxygens (including phenoxy) is 1. The Morgan fingerprint density at radius 1 is 1.25 bits per heavy atom. The Kier molecular flexibility index (Phi) is 6.13. The maximum Gasteiger partial charge on any atom is 0.179 e. The molecular weight excluding hydrogens is 300 g/mol. The van der Waals surface area contributed by atoms with Gasteiger partial charge >= 0.3 is 0 Å². The van der Waals surface area contributed by atoms with E-state index < -0.39 is 0 Å². The zero-order chi connectivity index (χ0) is 16.8. The van der Waals surface area contributed by atoms with Gasteiger partial charge in [0.2, 0.25) is 0 Å². The van der Waals surface area contributed by atoms with Crippen molar-refractivity contribution in [2.24, 2.45) is 0 Å². The quantitative estimate of drug-likeness (QED) is 0.796. The molecule has 4 heteroatoms. The molecule has 0 bridgehead atoms. The average Bonchev–Trinajstić information content (AvgIpc) is 2.60. The molecule has 0 radical (unpaired) electrons. The largest absolute Gasteiger partial charge is 0.490 e. The third-order valence-corrected chi connectivity index (χ3v) is 5.21. The highest BCUT2D eigenvalue weighted by Gasteiger charge is 2.23. The van der Waals surface area contributed by atoms with Crippen molar-refractivity contribution in [3.63, 3.8) is 0 Å². The first-order valence-electron chi connectivity index (χ1n) is 9.59. The predicted octanol–water partition coefficient (Wildman–Crippen LogP) is 4.15. The van der Waals surface area contributed by atoms with Crippen molar-refractivity contribution in [1.29, 1.82) is 0 Å². The van der Waals surface area contributed by atoms with Crippen LogP contribution in [0.4, 0.5) is 5.69 Å². The molecule has 1 unspecified atom stereocenters. The zero-order valence-corrected chi connectivity index (χ0v) is 14.8. The number of rotatable bonds is 5. The molecule has 132 valence electrons. The molecule has 1 saturated carbocycles. The number of carbonyl (C=O) groups excluding carboxylic acids is 1. The minimum Gasteiger partial charge on any atom is -0.490 e. The molecule has 4 nitrogen and oxygen atoms in total. The highest BCUT2D eigenvalue weighted by Crippen LogP contribution is 2.28. The van der Waals surface area contributed by atoms with E-state index in [2.05, 4.69) is 17.6 Å². The van der Waals surface area contributed by atoms with Crippen molar-refractivity contribution < 1.29 is 9.53 Å². The molecule has 1 aliphatic carbocycles. The van der Waals surface area contributed by atoms with Gasteiger partial charge in [-0.2, -0.15) is 0 Å². The molecule has 0 spiro atoms. The first-order chi connectivity index (χ1) is 11.8. The summed E-state index contributed by atoms with van der Waals surface area (Å²) in [5.74, 6) is 1.05. The van der Waals surface area contributed by atoms with Crippen molar-refractivity contribution in [2.75, 3.05) is 18.5 Å². The number of nitrogens with one attached hydrogen (secondary N) is 2. The second-order valence-corrected chi connectivity index (χ2v) is 7.02. The monoisotopic (exact) mass is 330 g/mol. The van der Waals surface area contributed by atoms with Crippen LogP contribution in [0.2, 0.25) is 0 Å². The van der Waals surface area contributed by atoms with Crippen molar-refractivity contribution in [1.82, 2.24) is 5.32 Å². The van der Waals surface area contributed by atoms with Crippen LogP contribution in [0, 0.1) is 0 Å². The van der Waals surface area contributed by atoms with Crippen LogP contribution in [-0.2, 0) is 0 Å². The van der Waals surface area contributed by atoms with E-state index in [-0.39, 0.29) is 11.8 Å². The normalized spacial score (nSPS) is 20.0. The summed E-state index contributed by atoms with van der Waals surface area (Å²) >= 11 is 0. The zero-order valence-electron chi connectivity index (χ0n) is 14.8.